The third kappa shape index (κ3) is 4.13. The number of aromatic nitrogens is 3. The Balaban J connectivity index is 1.71. The molecule has 1 aromatic heterocycles. The van der Waals surface area contributed by atoms with Gasteiger partial charge in [0.05, 0.1) is 19.3 Å². The average Bonchev–Trinajstić information content (AvgIpc) is 3.26. The van der Waals surface area contributed by atoms with Crippen molar-refractivity contribution in [2.75, 3.05) is 19.0 Å². The highest BCUT2D eigenvalue weighted by Gasteiger charge is 2.34. The number of carbonyl (C=O) groups excluding carboxylic acids is 1. The largest absolute Gasteiger partial charge is 0.490 e. The van der Waals surface area contributed by atoms with E-state index in [0.717, 1.165) is 11.1 Å². The van der Waals surface area contributed by atoms with E-state index < -0.39 is 12.0 Å². The summed E-state index contributed by atoms with van der Waals surface area (Å²) < 4.78 is 18.5. The monoisotopic (exact) mass is 454 g/mol. The molecule has 1 aliphatic rings. The van der Waals surface area contributed by atoms with Gasteiger partial charge in [-0.25, -0.2) is 9.48 Å². The molecule has 0 fully saturated rings. The van der Waals surface area contributed by atoms with Gasteiger partial charge in [-0.05, 0) is 37.6 Å². The van der Waals surface area contributed by atoms with E-state index in [9.17, 15) is 4.79 Å². The molecule has 0 saturated heterocycles. The maximum atomic E-state index is 12.6. The van der Waals surface area contributed by atoms with E-state index >= 15 is 0 Å². The van der Waals surface area contributed by atoms with E-state index in [1.54, 1.807) is 4.68 Å². The Morgan fingerprint density at radius 1 is 1.19 bits per heavy atom. The van der Waals surface area contributed by atoms with Gasteiger partial charge in [-0.1, -0.05) is 35.9 Å². The molecule has 0 spiro atoms. The van der Waals surface area contributed by atoms with Crippen molar-refractivity contribution in [2.24, 2.45) is 0 Å². The van der Waals surface area contributed by atoms with Crippen molar-refractivity contribution in [2.45, 2.75) is 26.5 Å². The summed E-state index contributed by atoms with van der Waals surface area (Å²) in [6.07, 6.45) is 1.44. The SMILES string of the molecule is CCOc1cc(C2C(C(=O)OC)=C(C)Nc3ncnn32)ccc1OCc1ccccc1Cl. The third-order valence-corrected chi connectivity index (χ3v) is 5.49. The van der Waals surface area contributed by atoms with Crippen LogP contribution in [0.4, 0.5) is 5.95 Å². The van der Waals surface area contributed by atoms with Crippen LogP contribution in [0, 0.1) is 0 Å². The molecule has 1 aliphatic heterocycles. The third-order valence-electron chi connectivity index (χ3n) is 5.12. The van der Waals surface area contributed by atoms with Gasteiger partial charge < -0.3 is 19.5 Å². The first kappa shape index (κ1) is 21.7. The number of halogens is 1. The molecule has 166 valence electrons. The lowest BCUT2D eigenvalue weighted by molar-refractivity contribution is -0.136. The smallest absolute Gasteiger partial charge is 0.338 e. The van der Waals surface area contributed by atoms with E-state index in [4.69, 9.17) is 25.8 Å². The van der Waals surface area contributed by atoms with Gasteiger partial charge >= 0.3 is 5.97 Å². The van der Waals surface area contributed by atoms with Gasteiger partial charge in [0.25, 0.3) is 0 Å². The Hall–Kier alpha value is -3.52. The summed E-state index contributed by atoms with van der Waals surface area (Å²) in [6, 6.07) is 12.5. The molecule has 0 saturated carbocycles. The summed E-state index contributed by atoms with van der Waals surface area (Å²) in [4.78, 5) is 16.8. The molecule has 0 bridgehead atoms. The molecule has 0 aliphatic carbocycles. The van der Waals surface area contributed by atoms with E-state index in [2.05, 4.69) is 15.4 Å². The summed E-state index contributed by atoms with van der Waals surface area (Å²) in [6.45, 7) is 4.45. The lowest BCUT2D eigenvalue weighted by Crippen LogP contribution is -2.29. The van der Waals surface area contributed by atoms with Crippen molar-refractivity contribution in [3.63, 3.8) is 0 Å². The zero-order valence-electron chi connectivity index (χ0n) is 18.0. The second kappa shape index (κ2) is 9.32. The molecular weight excluding hydrogens is 432 g/mol. The van der Waals surface area contributed by atoms with Crippen LogP contribution in [0.15, 0.2) is 60.1 Å². The molecule has 0 radical (unpaired) electrons. The first-order valence-corrected chi connectivity index (χ1v) is 10.5. The van der Waals surface area contributed by atoms with Crippen molar-refractivity contribution in [1.29, 1.82) is 0 Å². The molecular formula is C23H23ClN4O4. The van der Waals surface area contributed by atoms with Crippen LogP contribution in [0.2, 0.25) is 5.02 Å². The van der Waals surface area contributed by atoms with Crippen LogP contribution >= 0.6 is 11.6 Å². The summed E-state index contributed by atoms with van der Waals surface area (Å²) in [5.41, 5.74) is 2.75. The Labute approximate surface area is 190 Å². The number of carbonyl (C=O) groups is 1. The summed E-state index contributed by atoms with van der Waals surface area (Å²) in [5, 5.41) is 8.05. The van der Waals surface area contributed by atoms with Crippen LogP contribution < -0.4 is 14.8 Å². The normalized spacial score (nSPS) is 15.1. The topological polar surface area (TPSA) is 87.5 Å². The van der Waals surface area contributed by atoms with Crippen LogP contribution in [-0.2, 0) is 16.1 Å². The molecule has 0 amide bonds. The number of hydrogen-bond acceptors (Lipinski definition) is 7. The van der Waals surface area contributed by atoms with Gasteiger partial charge in [0.15, 0.2) is 11.5 Å². The van der Waals surface area contributed by atoms with E-state index in [0.29, 0.717) is 47.0 Å². The van der Waals surface area contributed by atoms with Crippen molar-refractivity contribution >= 4 is 23.5 Å². The molecule has 3 aromatic rings. The number of hydrogen-bond donors (Lipinski definition) is 1. The maximum absolute atomic E-state index is 12.6. The first-order valence-electron chi connectivity index (χ1n) is 10.1. The van der Waals surface area contributed by atoms with Gasteiger partial charge in [0.1, 0.15) is 19.0 Å². The minimum Gasteiger partial charge on any atom is -0.490 e. The van der Waals surface area contributed by atoms with Gasteiger partial charge in [-0.3, -0.25) is 0 Å². The average molecular weight is 455 g/mol. The van der Waals surface area contributed by atoms with Gasteiger partial charge in [-0.2, -0.15) is 10.1 Å². The molecule has 2 aromatic carbocycles. The van der Waals surface area contributed by atoms with Gasteiger partial charge in [0, 0.05) is 16.3 Å². The summed E-state index contributed by atoms with van der Waals surface area (Å²) in [5.74, 6) is 1.22. The number of nitrogens with one attached hydrogen (secondary N) is 1. The van der Waals surface area contributed by atoms with Crippen LogP contribution in [0.25, 0.3) is 0 Å². The second-order valence-corrected chi connectivity index (χ2v) is 7.51. The lowest BCUT2D eigenvalue weighted by Gasteiger charge is -2.28. The van der Waals surface area contributed by atoms with Crippen LogP contribution in [0.3, 0.4) is 0 Å². The maximum Gasteiger partial charge on any atom is 0.338 e. The molecule has 2 heterocycles. The molecule has 1 atom stereocenters. The predicted octanol–water partition coefficient (Wildman–Crippen LogP) is 4.37. The highest BCUT2D eigenvalue weighted by atomic mass is 35.5. The number of nitrogens with zero attached hydrogens (tertiary/aromatic N) is 3. The number of fused-ring (bicyclic) bond motifs is 1. The highest BCUT2D eigenvalue weighted by molar-refractivity contribution is 6.31. The molecule has 8 nitrogen and oxygen atoms in total. The quantitative estimate of drug-likeness (QED) is 0.530. The Bertz CT molecular complexity index is 1170. The minimum atomic E-state index is -0.530. The van der Waals surface area contributed by atoms with E-state index in [1.165, 1.54) is 13.4 Å². The molecule has 9 heteroatoms. The van der Waals surface area contributed by atoms with Crippen molar-refractivity contribution in [3.8, 4) is 11.5 Å². The van der Waals surface area contributed by atoms with Crippen molar-refractivity contribution in [3.05, 3.63) is 76.2 Å². The minimum absolute atomic E-state index is 0.298. The fourth-order valence-corrected chi connectivity index (χ4v) is 3.82. The fourth-order valence-electron chi connectivity index (χ4n) is 3.63. The summed E-state index contributed by atoms with van der Waals surface area (Å²) in [7, 11) is 1.35. The zero-order valence-corrected chi connectivity index (χ0v) is 18.7. The first-order chi connectivity index (χ1) is 15.5. The Kier molecular flexibility index (Phi) is 6.32. The van der Waals surface area contributed by atoms with Crippen LogP contribution in [0.5, 0.6) is 11.5 Å². The standard InChI is InChI=1S/C23H23ClN4O4/c1-4-31-19-11-15(9-10-18(19)32-12-16-7-5-6-8-17(16)24)21-20(22(29)30-3)14(2)27-23-25-13-26-28(21)23/h5-11,13,21H,4,12H2,1-3H3,(H,25,26,27). The number of anilines is 1. The fraction of sp³-hybridized carbons (Fsp3) is 0.261. The number of ether oxygens (including phenoxy) is 3. The van der Waals surface area contributed by atoms with Crippen LogP contribution in [0.1, 0.15) is 31.0 Å². The van der Waals surface area contributed by atoms with Gasteiger partial charge in [-0.15, -0.1) is 0 Å². The number of allylic oxidation sites excluding steroid dienone is 1. The number of esters is 1. The zero-order chi connectivity index (χ0) is 22.7. The number of methoxy groups -OCH3 is 1. The Morgan fingerprint density at radius 2 is 2.00 bits per heavy atom. The van der Waals surface area contributed by atoms with Crippen molar-refractivity contribution < 1.29 is 19.0 Å². The van der Waals surface area contributed by atoms with Gasteiger partial charge in [0.2, 0.25) is 5.95 Å². The number of rotatable bonds is 7. The molecule has 32 heavy (non-hydrogen) atoms. The second-order valence-electron chi connectivity index (χ2n) is 7.11. The van der Waals surface area contributed by atoms with Crippen LogP contribution in [-0.4, -0.2) is 34.5 Å². The Morgan fingerprint density at radius 3 is 2.75 bits per heavy atom. The van der Waals surface area contributed by atoms with E-state index in [1.807, 2.05) is 56.3 Å². The summed E-state index contributed by atoms with van der Waals surface area (Å²) >= 11 is 6.25. The van der Waals surface area contributed by atoms with E-state index in [-0.39, 0.29) is 0 Å². The number of benzene rings is 2. The predicted molar refractivity (Wildman–Crippen MR) is 120 cm³/mol. The van der Waals surface area contributed by atoms with Crippen molar-refractivity contribution in [1.82, 2.24) is 14.8 Å². The highest BCUT2D eigenvalue weighted by Crippen LogP contribution is 2.39. The molecule has 4 rings (SSSR count). The lowest BCUT2D eigenvalue weighted by atomic mass is 9.95. The molecule has 1 N–H and O–H groups in total. The molecule has 1 unspecified atom stereocenters.